The number of carboxylic acids is 1. The fourth-order valence-electron chi connectivity index (χ4n) is 5.13. The highest BCUT2D eigenvalue weighted by Crippen LogP contribution is 2.29. The molecule has 5 rings (SSSR count). The van der Waals surface area contributed by atoms with Crippen LogP contribution in [0.25, 0.3) is 0 Å². The molecule has 0 radical (unpaired) electrons. The molecule has 0 saturated carbocycles. The molecule has 0 fully saturated rings. The summed E-state index contributed by atoms with van der Waals surface area (Å²) in [5.74, 6) is -2.00. The molecule has 0 bridgehead atoms. The van der Waals surface area contributed by atoms with Crippen molar-refractivity contribution >= 4 is 18.0 Å². The molecule has 0 aliphatic rings. The largest absolute Gasteiger partial charge is 0.504 e. The molecule has 0 heterocycles. The molecular formula is C40H38N2O9. The van der Waals surface area contributed by atoms with Crippen LogP contribution in [0.1, 0.15) is 27.8 Å². The average molecular weight is 691 g/mol. The number of phenolic OH excluding ortho intramolecular Hbond substituents is 2. The maximum absolute atomic E-state index is 13.7. The lowest BCUT2D eigenvalue weighted by Crippen LogP contribution is -2.53. The van der Waals surface area contributed by atoms with Crippen LogP contribution in [0.3, 0.4) is 0 Å². The number of alkyl carbamates (subject to hydrolysis) is 1. The predicted octanol–water partition coefficient (Wildman–Crippen LogP) is 5.91. The first kappa shape index (κ1) is 35.8. The first-order chi connectivity index (χ1) is 24.7. The second-order valence-corrected chi connectivity index (χ2v) is 11.7. The molecule has 2 amide bonds. The summed E-state index contributed by atoms with van der Waals surface area (Å²) in [6.45, 7) is 0.314. The molecule has 0 aromatic heterocycles. The minimum Gasteiger partial charge on any atom is -0.504 e. The Bertz CT molecular complexity index is 1900. The number of benzene rings is 5. The molecule has 5 aromatic carbocycles. The molecule has 51 heavy (non-hydrogen) atoms. The number of aromatic hydroxyl groups is 2. The highest BCUT2D eigenvalue weighted by Gasteiger charge is 2.28. The summed E-state index contributed by atoms with van der Waals surface area (Å²) in [7, 11) is 0. The molecule has 5 aromatic rings. The van der Waals surface area contributed by atoms with Crippen molar-refractivity contribution in [3.05, 3.63) is 155 Å². The number of nitrogens with one attached hydrogen (secondary N) is 2. The number of ether oxygens (including phenoxy) is 3. The summed E-state index contributed by atoms with van der Waals surface area (Å²) in [6, 6.07) is 34.0. The Kier molecular flexibility index (Phi) is 12.5. The number of aliphatic carboxylic acids is 1. The van der Waals surface area contributed by atoms with Gasteiger partial charge in [0.2, 0.25) is 5.91 Å². The van der Waals surface area contributed by atoms with E-state index in [2.05, 4.69) is 10.6 Å². The molecule has 2 unspecified atom stereocenters. The fraction of sp³-hybridized carbons (Fsp3) is 0.175. The Morgan fingerprint density at radius 2 is 0.961 bits per heavy atom. The summed E-state index contributed by atoms with van der Waals surface area (Å²) in [6.07, 6.45) is -1.12. The van der Waals surface area contributed by atoms with E-state index in [9.17, 15) is 29.7 Å². The molecule has 11 nitrogen and oxygen atoms in total. The number of amides is 2. The maximum atomic E-state index is 13.7. The van der Waals surface area contributed by atoms with Crippen LogP contribution in [0.4, 0.5) is 4.79 Å². The minimum atomic E-state index is -1.40. The molecule has 0 aliphatic carbocycles. The van der Waals surface area contributed by atoms with Crippen LogP contribution in [0.5, 0.6) is 23.0 Å². The Morgan fingerprint density at radius 3 is 1.41 bits per heavy atom. The lowest BCUT2D eigenvalue weighted by molar-refractivity contribution is -0.142. The number of phenols is 2. The van der Waals surface area contributed by atoms with Gasteiger partial charge in [-0.3, -0.25) is 4.79 Å². The van der Waals surface area contributed by atoms with Gasteiger partial charge in [-0.1, -0.05) is 103 Å². The quantitative estimate of drug-likeness (QED) is 0.0848. The standard InChI is InChI=1S/C40H38N2O9/c43-34-18-16-30(22-36(34)49-24-27-10-4-1-5-11-27)20-32(42-40(48)51-26-29-14-8-3-9-15-29)38(45)41-33(39(46)47)21-31-17-19-35(44)37(23-31)50-25-28-12-6-2-7-13-28/h1-19,22-23,32-33,43-44H,20-21,24-26H2,(H,41,45)(H,42,48)(H,46,47). The zero-order chi connectivity index (χ0) is 36.0. The van der Waals surface area contributed by atoms with Gasteiger partial charge in [0.25, 0.3) is 0 Å². The molecule has 11 heteroatoms. The van der Waals surface area contributed by atoms with Crippen molar-refractivity contribution in [1.82, 2.24) is 10.6 Å². The van der Waals surface area contributed by atoms with Gasteiger partial charge in [-0.05, 0) is 52.1 Å². The molecule has 0 saturated heterocycles. The SMILES string of the molecule is O=C(NC(Cc1ccc(O)c(OCc2ccccc2)c1)C(=O)NC(Cc1ccc(O)c(OCc2ccccc2)c1)C(=O)O)OCc1ccccc1. The summed E-state index contributed by atoms with van der Waals surface area (Å²) < 4.78 is 17.0. The fourth-order valence-corrected chi connectivity index (χ4v) is 5.13. The third-order valence-electron chi connectivity index (χ3n) is 7.84. The van der Waals surface area contributed by atoms with Gasteiger partial charge in [-0.2, -0.15) is 0 Å². The van der Waals surface area contributed by atoms with Crippen LogP contribution >= 0.6 is 0 Å². The van der Waals surface area contributed by atoms with Gasteiger partial charge in [0.05, 0.1) is 0 Å². The van der Waals surface area contributed by atoms with Gasteiger partial charge < -0.3 is 40.2 Å². The van der Waals surface area contributed by atoms with Gasteiger partial charge in [0, 0.05) is 12.8 Å². The van der Waals surface area contributed by atoms with E-state index in [0.717, 1.165) is 16.7 Å². The van der Waals surface area contributed by atoms with Crippen LogP contribution in [0.2, 0.25) is 0 Å². The smallest absolute Gasteiger partial charge is 0.408 e. The van der Waals surface area contributed by atoms with Crippen LogP contribution in [-0.4, -0.2) is 45.4 Å². The van der Waals surface area contributed by atoms with E-state index < -0.39 is 30.1 Å². The second kappa shape index (κ2) is 17.8. The monoisotopic (exact) mass is 690 g/mol. The zero-order valence-corrected chi connectivity index (χ0v) is 27.6. The maximum Gasteiger partial charge on any atom is 0.408 e. The predicted molar refractivity (Wildman–Crippen MR) is 188 cm³/mol. The van der Waals surface area contributed by atoms with Crippen molar-refractivity contribution in [2.24, 2.45) is 0 Å². The normalized spacial score (nSPS) is 11.8. The summed E-state index contributed by atoms with van der Waals surface area (Å²) in [5, 5.41) is 36.0. The zero-order valence-electron chi connectivity index (χ0n) is 27.6. The number of carbonyl (C=O) groups excluding carboxylic acids is 2. The second-order valence-electron chi connectivity index (χ2n) is 11.7. The number of rotatable bonds is 16. The lowest BCUT2D eigenvalue weighted by Gasteiger charge is -2.22. The van der Waals surface area contributed by atoms with Gasteiger partial charge in [0.15, 0.2) is 23.0 Å². The van der Waals surface area contributed by atoms with Gasteiger partial charge >= 0.3 is 12.1 Å². The number of hydrogen-bond acceptors (Lipinski definition) is 8. The highest BCUT2D eigenvalue weighted by molar-refractivity contribution is 5.89. The number of carbonyl (C=O) groups is 3. The average Bonchev–Trinajstić information content (AvgIpc) is 3.15. The molecular weight excluding hydrogens is 652 g/mol. The Balaban J connectivity index is 1.30. The molecule has 2 atom stereocenters. The number of carboxylic acid groups (broad SMARTS) is 1. The van der Waals surface area contributed by atoms with E-state index in [0.29, 0.717) is 11.1 Å². The van der Waals surface area contributed by atoms with E-state index in [1.165, 1.54) is 24.3 Å². The first-order valence-corrected chi connectivity index (χ1v) is 16.2. The van der Waals surface area contributed by atoms with Crippen LogP contribution < -0.4 is 20.1 Å². The van der Waals surface area contributed by atoms with E-state index in [1.54, 1.807) is 36.4 Å². The minimum absolute atomic E-state index is 0.0506. The van der Waals surface area contributed by atoms with Gasteiger partial charge in [-0.25, -0.2) is 9.59 Å². The van der Waals surface area contributed by atoms with Gasteiger partial charge in [-0.15, -0.1) is 0 Å². The number of hydrogen-bond donors (Lipinski definition) is 5. The van der Waals surface area contributed by atoms with Crippen molar-refractivity contribution in [1.29, 1.82) is 0 Å². The Labute approximate surface area is 295 Å². The van der Waals surface area contributed by atoms with Crippen LogP contribution in [0, 0.1) is 0 Å². The lowest BCUT2D eigenvalue weighted by atomic mass is 10.0. The van der Waals surface area contributed by atoms with E-state index in [4.69, 9.17) is 14.2 Å². The Hall–Kier alpha value is -6.49. The van der Waals surface area contributed by atoms with Crippen molar-refractivity contribution in [2.75, 3.05) is 0 Å². The molecule has 0 spiro atoms. The summed E-state index contributed by atoms with van der Waals surface area (Å²) >= 11 is 0. The van der Waals surface area contributed by atoms with Crippen molar-refractivity contribution < 1.29 is 43.9 Å². The van der Waals surface area contributed by atoms with E-state index in [1.807, 2.05) is 66.7 Å². The molecule has 0 aliphatic heterocycles. The highest BCUT2D eigenvalue weighted by atomic mass is 16.5. The van der Waals surface area contributed by atoms with Crippen LogP contribution in [-0.2, 0) is 47.0 Å². The third kappa shape index (κ3) is 11.0. The topological polar surface area (TPSA) is 164 Å². The van der Waals surface area contributed by atoms with E-state index >= 15 is 0 Å². The summed E-state index contributed by atoms with van der Waals surface area (Å²) in [4.78, 5) is 39.0. The summed E-state index contributed by atoms with van der Waals surface area (Å²) in [5.41, 5.74) is 3.49. The van der Waals surface area contributed by atoms with Gasteiger partial charge in [0.1, 0.15) is 31.9 Å². The van der Waals surface area contributed by atoms with Crippen LogP contribution in [0.15, 0.2) is 127 Å². The van der Waals surface area contributed by atoms with Crippen molar-refractivity contribution in [3.63, 3.8) is 0 Å². The molecule has 5 N–H and O–H groups in total. The van der Waals surface area contributed by atoms with Crippen molar-refractivity contribution in [3.8, 4) is 23.0 Å². The Morgan fingerprint density at radius 1 is 0.529 bits per heavy atom. The first-order valence-electron chi connectivity index (χ1n) is 16.2. The molecule has 262 valence electrons. The van der Waals surface area contributed by atoms with E-state index in [-0.39, 0.29) is 55.7 Å². The van der Waals surface area contributed by atoms with Crippen molar-refractivity contribution in [2.45, 2.75) is 44.7 Å². The third-order valence-corrected chi connectivity index (χ3v) is 7.84.